The molecule has 2 aromatic carbocycles. The number of carbonyl (C=O) groups is 2. The molecule has 0 unspecified atom stereocenters. The first kappa shape index (κ1) is 22.7. The summed E-state index contributed by atoms with van der Waals surface area (Å²) < 4.78 is 10.5. The van der Waals surface area contributed by atoms with Gasteiger partial charge in [-0.1, -0.05) is 23.7 Å². The fraction of sp³-hybridized carbons (Fsp3) is 0.333. The molecule has 2 amide bonds. The second-order valence-electron chi connectivity index (χ2n) is 7.44. The van der Waals surface area contributed by atoms with Gasteiger partial charge in [0.1, 0.15) is 0 Å². The van der Waals surface area contributed by atoms with Crippen molar-refractivity contribution in [1.82, 2.24) is 10.2 Å². The molecule has 1 aliphatic rings. The summed E-state index contributed by atoms with van der Waals surface area (Å²) in [6.07, 6.45) is 4.98. The first-order valence-corrected chi connectivity index (χ1v) is 10.6. The van der Waals surface area contributed by atoms with E-state index in [1.165, 1.54) is 6.08 Å². The van der Waals surface area contributed by atoms with E-state index in [0.29, 0.717) is 47.6 Å². The van der Waals surface area contributed by atoms with Gasteiger partial charge < -0.3 is 19.7 Å². The van der Waals surface area contributed by atoms with E-state index in [1.54, 1.807) is 50.6 Å². The van der Waals surface area contributed by atoms with Crippen molar-refractivity contribution in [2.24, 2.45) is 5.92 Å². The summed E-state index contributed by atoms with van der Waals surface area (Å²) in [7, 11) is 3.12. The number of rotatable bonds is 7. The largest absolute Gasteiger partial charge is 0.493 e. The molecule has 0 radical (unpaired) electrons. The van der Waals surface area contributed by atoms with Crippen LogP contribution in [0.25, 0.3) is 6.08 Å². The summed E-state index contributed by atoms with van der Waals surface area (Å²) in [5, 5.41) is 3.62. The van der Waals surface area contributed by atoms with E-state index in [9.17, 15) is 9.59 Å². The average molecular weight is 443 g/mol. The Kier molecular flexibility index (Phi) is 7.95. The SMILES string of the molecule is COc1ccc(C(=O)N2CCC(CNC(=O)/C=C/c3ccc(Cl)cc3)CC2)cc1OC. The average Bonchev–Trinajstić information content (AvgIpc) is 2.81. The molecule has 0 atom stereocenters. The standard InChI is InChI=1S/C24H27ClN2O4/c1-30-21-9-6-19(15-22(21)31-2)24(29)27-13-11-18(12-14-27)16-26-23(28)10-5-17-3-7-20(25)8-4-17/h3-10,15,18H,11-14,16H2,1-2H3,(H,26,28)/b10-5+. The van der Waals surface area contributed by atoms with Crippen molar-refractivity contribution in [1.29, 1.82) is 0 Å². The number of nitrogens with zero attached hydrogens (tertiary/aromatic N) is 1. The van der Waals surface area contributed by atoms with Crippen molar-refractivity contribution in [2.75, 3.05) is 33.9 Å². The van der Waals surface area contributed by atoms with Crippen molar-refractivity contribution in [2.45, 2.75) is 12.8 Å². The van der Waals surface area contributed by atoms with Crippen molar-refractivity contribution < 1.29 is 19.1 Å². The highest BCUT2D eigenvalue weighted by molar-refractivity contribution is 6.30. The third-order valence-corrected chi connectivity index (χ3v) is 5.65. The molecule has 0 aliphatic carbocycles. The number of hydrogen-bond acceptors (Lipinski definition) is 4. The highest BCUT2D eigenvalue weighted by Gasteiger charge is 2.24. The van der Waals surface area contributed by atoms with E-state index in [1.807, 2.05) is 17.0 Å². The van der Waals surface area contributed by atoms with Crippen molar-refractivity contribution >= 4 is 29.5 Å². The number of carbonyl (C=O) groups excluding carboxylic acids is 2. The highest BCUT2D eigenvalue weighted by Crippen LogP contribution is 2.28. The molecular formula is C24H27ClN2O4. The van der Waals surface area contributed by atoms with Crippen molar-refractivity contribution in [3.8, 4) is 11.5 Å². The third-order valence-electron chi connectivity index (χ3n) is 5.39. The van der Waals surface area contributed by atoms with Crippen LogP contribution in [0.4, 0.5) is 0 Å². The summed E-state index contributed by atoms with van der Waals surface area (Å²) in [6.45, 7) is 1.92. The van der Waals surface area contributed by atoms with E-state index in [2.05, 4.69) is 5.32 Å². The Morgan fingerprint density at radius 2 is 1.74 bits per heavy atom. The molecule has 164 valence electrons. The lowest BCUT2D eigenvalue weighted by Gasteiger charge is -2.32. The molecule has 31 heavy (non-hydrogen) atoms. The summed E-state index contributed by atoms with van der Waals surface area (Å²) in [5.74, 6) is 1.34. The van der Waals surface area contributed by atoms with Gasteiger partial charge in [0.25, 0.3) is 5.91 Å². The van der Waals surface area contributed by atoms with Gasteiger partial charge in [0.15, 0.2) is 11.5 Å². The molecule has 0 saturated carbocycles. The lowest BCUT2D eigenvalue weighted by molar-refractivity contribution is -0.116. The maximum absolute atomic E-state index is 12.8. The van der Waals surface area contributed by atoms with Crippen LogP contribution in [0.1, 0.15) is 28.8 Å². The van der Waals surface area contributed by atoms with Gasteiger partial charge in [-0.25, -0.2) is 0 Å². The van der Waals surface area contributed by atoms with E-state index >= 15 is 0 Å². The minimum absolute atomic E-state index is 0.0191. The molecule has 1 N–H and O–H groups in total. The Bertz CT molecular complexity index is 935. The molecule has 1 aliphatic heterocycles. The van der Waals surface area contributed by atoms with E-state index < -0.39 is 0 Å². The zero-order valence-corrected chi connectivity index (χ0v) is 18.5. The molecule has 0 aromatic heterocycles. The number of hydrogen-bond donors (Lipinski definition) is 1. The van der Waals surface area contributed by atoms with E-state index in [-0.39, 0.29) is 11.8 Å². The van der Waals surface area contributed by atoms with Crippen LogP contribution in [0.3, 0.4) is 0 Å². The number of likely N-dealkylation sites (tertiary alicyclic amines) is 1. The van der Waals surface area contributed by atoms with Gasteiger partial charge in [0.05, 0.1) is 14.2 Å². The Labute approximate surface area is 187 Å². The number of amides is 2. The van der Waals surface area contributed by atoms with Crippen LogP contribution >= 0.6 is 11.6 Å². The maximum atomic E-state index is 12.8. The van der Waals surface area contributed by atoms with Crippen LogP contribution in [-0.4, -0.2) is 50.6 Å². The number of halogens is 1. The quantitative estimate of drug-likeness (QED) is 0.657. The number of ether oxygens (including phenoxy) is 2. The molecule has 7 heteroatoms. The van der Waals surface area contributed by atoms with Gasteiger partial charge in [-0.2, -0.15) is 0 Å². The fourth-order valence-corrected chi connectivity index (χ4v) is 3.67. The molecule has 6 nitrogen and oxygen atoms in total. The monoisotopic (exact) mass is 442 g/mol. The Morgan fingerprint density at radius 3 is 2.39 bits per heavy atom. The molecular weight excluding hydrogens is 416 g/mol. The maximum Gasteiger partial charge on any atom is 0.253 e. The molecule has 2 aromatic rings. The summed E-state index contributed by atoms with van der Waals surface area (Å²) in [4.78, 5) is 26.8. The number of methoxy groups -OCH3 is 2. The Morgan fingerprint density at radius 1 is 1.06 bits per heavy atom. The number of benzene rings is 2. The first-order valence-electron chi connectivity index (χ1n) is 10.2. The molecule has 1 fully saturated rings. The van der Waals surface area contributed by atoms with Gasteiger partial charge >= 0.3 is 0 Å². The number of nitrogens with one attached hydrogen (secondary N) is 1. The van der Waals surface area contributed by atoms with Gasteiger partial charge in [-0.3, -0.25) is 9.59 Å². The predicted molar refractivity (Wildman–Crippen MR) is 122 cm³/mol. The molecule has 1 saturated heterocycles. The second kappa shape index (κ2) is 10.9. The third kappa shape index (κ3) is 6.25. The second-order valence-corrected chi connectivity index (χ2v) is 7.87. The van der Waals surface area contributed by atoms with Crippen LogP contribution in [0.5, 0.6) is 11.5 Å². The van der Waals surface area contributed by atoms with E-state index in [4.69, 9.17) is 21.1 Å². The zero-order chi connectivity index (χ0) is 22.2. The Balaban J connectivity index is 1.45. The first-order chi connectivity index (χ1) is 15.0. The van der Waals surface area contributed by atoms with Gasteiger partial charge in [-0.15, -0.1) is 0 Å². The molecule has 1 heterocycles. The minimum Gasteiger partial charge on any atom is -0.493 e. The summed E-state index contributed by atoms with van der Waals surface area (Å²) in [6, 6.07) is 12.5. The Hall–Kier alpha value is -2.99. The lowest BCUT2D eigenvalue weighted by Crippen LogP contribution is -2.41. The summed E-state index contributed by atoms with van der Waals surface area (Å²) in [5.41, 5.74) is 1.50. The lowest BCUT2D eigenvalue weighted by atomic mass is 9.96. The highest BCUT2D eigenvalue weighted by atomic mass is 35.5. The van der Waals surface area contributed by atoms with Crippen LogP contribution in [0, 0.1) is 5.92 Å². The van der Waals surface area contributed by atoms with Gasteiger partial charge in [0.2, 0.25) is 5.91 Å². The van der Waals surface area contributed by atoms with Crippen LogP contribution < -0.4 is 14.8 Å². The molecule has 3 rings (SSSR count). The normalized spacial score (nSPS) is 14.5. The minimum atomic E-state index is -0.126. The zero-order valence-electron chi connectivity index (χ0n) is 17.8. The van der Waals surface area contributed by atoms with Crippen molar-refractivity contribution in [3.05, 3.63) is 64.7 Å². The van der Waals surface area contributed by atoms with Crippen LogP contribution in [0.2, 0.25) is 5.02 Å². The van der Waals surface area contributed by atoms with Crippen LogP contribution in [-0.2, 0) is 4.79 Å². The number of piperidine rings is 1. The van der Waals surface area contributed by atoms with Gasteiger partial charge in [0, 0.05) is 36.3 Å². The smallest absolute Gasteiger partial charge is 0.253 e. The van der Waals surface area contributed by atoms with Crippen LogP contribution in [0.15, 0.2) is 48.5 Å². The molecule has 0 spiro atoms. The van der Waals surface area contributed by atoms with E-state index in [0.717, 1.165) is 18.4 Å². The molecule has 0 bridgehead atoms. The van der Waals surface area contributed by atoms with Crippen molar-refractivity contribution in [3.63, 3.8) is 0 Å². The van der Waals surface area contributed by atoms with Gasteiger partial charge in [-0.05, 0) is 60.7 Å². The summed E-state index contributed by atoms with van der Waals surface area (Å²) >= 11 is 5.86. The fourth-order valence-electron chi connectivity index (χ4n) is 3.54. The predicted octanol–water partition coefficient (Wildman–Crippen LogP) is 4.04. The topological polar surface area (TPSA) is 67.9 Å².